The third-order valence-corrected chi connectivity index (χ3v) is 3.11. The Morgan fingerprint density at radius 3 is 2.79 bits per heavy atom. The summed E-state index contributed by atoms with van der Waals surface area (Å²) in [7, 11) is 3.33. The van der Waals surface area contributed by atoms with Gasteiger partial charge in [0.05, 0.1) is 19.3 Å². The lowest BCUT2D eigenvalue weighted by atomic mass is 10.0. The van der Waals surface area contributed by atoms with Crippen molar-refractivity contribution in [3.63, 3.8) is 0 Å². The van der Waals surface area contributed by atoms with E-state index in [0.717, 1.165) is 17.7 Å². The highest BCUT2D eigenvalue weighted by atomic mass is 19.1. The highest BCUT2D eigenvalue weighted by molar-refractivity contribution is 5.36. The normalized spacial score (nSPS) is 12.4. The quantitative estimate of drug-likeness (QED) is 0.900. The van der Waals surface area contributed by atoms with Crippen molar-refractivity contribution in [3.8, 4) is 5.75 Å². The minimum atomic E-state index is -0.356. The Morgan fingerprint density at radius 2 is 2.21 bits per heavy atom. The molecule has 1 atom stereocenters. The summed E-state index contributed by atoms with van der Waals surface area (Å²) >= 11 is 0. The van der Waals surface area contributed by atoms with Crippen molar-refractivity contribution >= 4 is 0 Å². The molecule has 0 radical (unpaired) electrons. The molecule has 1 aromatic heterocycles. The summed E-state index contributed by atoms with van der Waals surface area (Å²) in [6.07, 6.45) is 3.80. The van der Waals surface area contributed by atoms with Gasteiger partial charge < -0.3 is 10.1 Å². The molecule has 0 aliphatic heterocycles. The molecule has 2 rings (SSSR count). The molecule has 0 bridgehead atoms. The van der Waals surface area contributed by atoms with E-state index in [1.807, 2.05) is 31.0 Å². The van der Waals surface area contributed by atoms with Gasteiger partial charge in [0.25, 0.3) is 0 Å². The van der Waals surface area contributed by atoms with Gasteiger partial charge >= 0.3 is 0 Å². The number of aromatic nitrogens is 2. The monoisotopic (exact) mass is 263 g/mol. The van der Waals surface area contributed by atoms with Gasteiger partial charge in [-0.1, -0.05) is 6.07 Å². The topological polar surface area (TPSA) is 39.1 Å². The second kappa shape index (κ2) is 5.84. The molecule has 102 valence electrons. The summed E-state index contributed by atoms with van der Waals surface area (Å²) in [5.74, 6) is -0.106. The maximum absolute atomic E-state index is 13.4. The lowest BCUT2D eigenvalue weighted by molar-refractivity contribution is 0.385. The first-order valence-corrected chi connectivity index (χ1v) is 6.22. The second-order valence-corrected chi connectivity index (χ2v) is 4.25. The van der Waals surface area contributed by atoms with Gasteiger partial charge in [0.2, 0.25) is 0 Å². The molecule has 2 aromatic rings. The van der Waals surface area contributed by atoms with Crippen molar-refractivity contribution in [2.45, 2.75) is 19.5 Å². The number of hydrogen-bond donors (Lipinski definition) is 1. The SMILES string of the molecule is CCn1cc(C(NC)c2ccc(F)c(OC)c2)cn1. The number of ether oxygens (including phenoxy) is 1. The third kappa shape index (κ3) is 2.76. The van der Waals surface area contributed by atoms with E-state index in [1.165, 1.54) is 13.2 Å². The van der Waals surface area contributed by atoms with Crippen LogP contribution in [0.1, 0.15) is 24.1 Å². The number of methoxy groups -OCH3 is 1. The molecule has 19 heavy (non-hydrogen) atoms. The average Bonchev–Trinajstić information content (AvgIpc) is 2.90. The van der Waals surface area contributed by atoms with Gasteiger partial charge in [-0.25, -0.2) is 4.39 Å². The lowest BCUT2D eigenvalue weighted by Crippen LogP contribution is -2.17. The summed E-state index contributed by atoms with van der Waals surface area (Å²) in [4.78, 5) is 0. The Morgan fingerprint density at radius 1 is 1.42 bits per heavy atom. The summed E-state index contributed by atoms with van der Waals surface area (Å²) in [6, 6.07) is 4.85. The minimum Gasteiger partial charge on any atom is -0.494 e. The molecule has 1 aromatic carbocycles. The van der Waals surface area contributed by atoms with Crippen LogP contribution in [0.3, 0.4) is 0 Å². The molecular weight excluding hydrogens is 245 g/mol. The Bertz CT molecular complexity index is 553. The standard InChI is InChI=1S/C14H18FN3O/c1-4-18-9-11(8-17-18)14(16-2)10-5-6-12(15)13(7-10)19-3/h5-9,14,16H,4H2,1-3H3. The lowest BCUT2D eigenvalue weighted by Gasteiger charge is -2.16. The Labute approximate surface area is 112 Å². The highest BCUT2D eigenvalue weighted by Crippen LogP contribution is 2.26. The first-order valence-electron chi connectivity index (χ1n) is 6.22. The number of nitrogens with one attached hydrogen (secondary N) is 1. The highest BCUT2D eigenvalue weighted by Gasteiger charge is 2.16. The van der Waals surface area contributed by atoms with Crippen LogP contribution in [0, 0.1) is 5.82 Å². The van der Waals surface area contributed by atoms with Crippen LogP contribution in [0.4, 0.5) is 4.39 Å². The number of nitrogens with zero attached hydrogens (tertiary/aromatic N) is 2. The van der Waals surface area contributed by atoms with Crippen molar-refractivity contribution in [1.82, 2.24) is 15.1 Å². The van der Waals surface area contributed by atoms with Crippen LogP contribution in [0.5, 0.6) is 5.75 Å². The van der Waals surface area contributed by atoms with Crippen molar-refractivity contribution in [2.24, 2.45) is 0 Å². The van der Waals surface area contributed by atoms with E-state index in [0.29, 0.717) is 0 Å². The molecule has 0 saturated heterocycles. The van der Waals surface area contributed by atoms with Crippen LogP contribution in [0.25, 0.3) is 0 Å². The maximum atomic E-state index is 13.4. The van der Waals surface area contributed by atoms with Gasteiger partial charge in [-0.05, 0) is 31.7 Å². The number of halogens is 1. The largest absolute Gasteiger partial charge is 0.494 e. The van der Waals surface area contributed by atoms with E-state index in [4.69, 9.17) is 4.74 Å². The zero-order chi connectivity index (χ0) is 13.8. The fraction of sp³-hybridized carbons (Fsp3) is 0.357. The smallest absolute Gasteiger partial charge is 0.165 e. The summed E-state index contributed by atoms with van der Waals surface area (Å²) in [5, 5.41) is 7.47. The Kier molecular flexibility index (Phi) is 4.16. The zero-order valence-corrected chi connectivity index (χ0v) is 11.4. The van der Waals surface area contributed by atoms with Gasteiger partial charge in [0, 0.05) is 18.3 Å². The summed E-state index contributed by atoms with van der Waals surface area (Å²) in [5.41, 5.74) is 1.98. The number of rotatable bonds is 5. The van der Waals surface area contributed by atoms with E-state index in [2.05, 4.69) is 10.4 Å². The van der Waals surface area contributed by atoms with Gasteiger partial charge in [0.15, 0.2) is 11.6 Å². The predicted molar refractivity (Wildman–Crippen MR) is 71.8 cm³/mol. The molecular formula is C14H18FN3O. The van der Waals surface area contributed by atoms with E-state index in [1.54, 1.807) is 12.1 Å². The molecule has 0 aliphatic rings. The van der Waals surface area contributed by atoms with Crippen LogP contribution in [-0.4, -0.2) is 23.9 Å². The minimum absolute atomic E-state index is 0.0326. The summed E-state index contributed by atoms with van der Waals surface area (Å²) in [6.45, 7) is 2.86. The molecule has 0 fully saturated rings. The van der Waals surface area contributed by atoms with Gasteiger partial charge in [-0.2, -0.15) is 5.10 Å². The molecule has 0 saturated carbocycles. The van der Waals surface area contributed by atoms with Crippen molar-refractivity contribution in [1.29, 1.82) is 0 Å². The molecule has 5 heteroatoms. The molecule has 0 amide bonds. The Balaban J connectivity index is 2.36. The maximum Gasteiger partial charge on any atom is 0.165 e. The van der Waals surface area contributed by atoms with Crippen LogP contribution >= 0.6 is 0 Å². The molecule has 0 spiro atoms. The average molecular weight is 263 g/mol. The predicted octanol–water partition coefficient (Wildman–Crippen LogP) is 2.36. The van der Waals surface area contributed by atoms with E-state index < -0.39 is 0 Å². The summed E-state index contributed by atoms with van der Waals surface area (Å²) < 4.78 is 20.3. The molecule has 0 aliphatic carbocycles. The zero-order valence-electron chi connectivity index (χ0n) is 11.4. The molecule has 1 unspecified atom stereocenters. The van der Waals surface area contributed by atoms with Gasteiger partial charge in [0.1, 0.15) is 0 Å². The first kappa shape index (κ1) is 13.5. The van der Waals surface area contributed by atoms with Crippen LogP contribution in [0.2, 0.25) is 0 Å². The van der Waals surface area contributed by atoms with Crippen LogP contribution < -0.4 is 10.1 Å². The van der Waals surface area contributed by atoms with Crippen molar-refractivity contribution < 1.29 is 9.13 Å². The number of aryl methyl sites for hydroxylation is 1. The van der Waals surface area contributed by atoms with Crippen molar-refractivity contribution in [3.05, 3.63) is 47.5 Å². The Hall–Kier alpha value is -1.88. The third-order valence-electron chi connectivity index (χ3n) is 3.11. The van der Waals surface area contributed by atoms with E-state index >= 15 is 0 Å². The number of hydrogen-bond acceptors (Lipinski definition) is 3. The van der Waals surface area contributed by atoms with Crippen LogP contribution in [-0.2, 0) is 6.54 Å². The fourth-order valence-electron chi connectivity index (χ4n) is 2.08. The van der Waals surface area contributed by atoms with Crippen molar-refractivity contribution in [2.75, 3.05) is 14.2 Å². The molecule has 1 N–H and O–H groups in total. The molecule has 1 heterocycles. The second-order valence-electron chi connectivity index (χ2n) is 4.25. The van der Waals surface area contributed by atoms with Gasteiger partial charge in [-0.3, -0.25) is 4.68 Å². The first-order chi connectivity index (χ1) is 9.19. The van der Waals surface area contributed by atoms with Gasteiger partial charge in [-0.15, -0.1) is 0 Å². The van der Waals surface area contributed by atoms with E-state index in [-0.39, 0.29) is 17.6 Å². The van der Waals surface area contributed by atoms with E-state index in [9.17, 15) is 4.39 Å². The number of benzene rings is 1. The molecule has 4 nitrogen and oxygen atoms in total. The van der Waals surface area contributed by atoms with Crippen LogP contribution in [0.15, 0.2) is 30.6 Å². The fourth-order valence-corrected chi connectivity index (χ4v) is 2.08.